The van der Waals surface area contributed by atoms with E-state index in [4.69, 9.17) is 5.73 Å². The monoisotopic (exact) mass is 155 g/mol. The minimum absolute atomic E-state index is 0.339. The first-order valence-corrected chi connectivity index (χ1v) is 3.74. The highest BCUT2D eigenvalue weighted by Gasteiger charge is 2.32. The fourth-order valence-corrected chi connectivity index (χ4v) is 1.25. The van der Waals surface area contributed by atoms with E-state index in [1.807, 2.05) is 6.08 Å². The van der Waals surface area contributed by atoms with E-state index in [-0.39, 0.29) is 5.97 Å². The molecule has 1 aliphatic rings. The van der Waals surface area contributed by atoms with Crippen molar-refractivity contribution in [2.24, 2.45) is 5.73 Å². The zero-order valence-electron chi connectivity index (χ0n) is 6.67. The number of nitrogens with two attached hydrogens (primary N) is 1. The number of carbonyl (C=O) groups is 1. The van der Waals surface area contributed by atoms with Crippen LogP contribution in [0.5, 0.6) is 0 Å². The Morgan fingerprint density at radius 1 is 1.73 bits per heavy atom. The number of esters is 1. The highest BCUT2D eigenvalue weighted by atomic mass is 16.5. The fourth-order valence-electron chi connectivity index (χ4n) is 1.25. The molecule has 1 atom stereocenters. The van der Waals surface area contributed by atoms with Crippen molar-refractivity contribution in [3.63, 3.8) is 0 Å². The minimum Gasteiger partial charge on any atom is -0.467 e. The van der Waals surface area contributed by atoms with Gasteiger partial charge in [-0.2, -0.15) is 0 Å². The first-order chi connectivity index (χ1) is 5.19. The molecule has 0 aliphatic heterocycles. The largest absolute Gasteiger partial charge is 0.467 e. The summed E-state index contributed by atoms with van der Waals surface area (Å²) < 4.78 is 4.58. The summed E-state index contributed by atoms with van der Waals surface area (Å²) in [5, 5.41) is 0. The average molecular weight is 155 g/mol. The minimum atomic E-state index is -0.854. The van der Waals surface area contributed by atoms with E-state index >= 15 is 0 Å². The lowest BCUT2D eigenvalue weighted by atomic mass is 9.89. The summed E-state index contributed by atoms with van der Waals surface area (Å²) in [5.41, 5.74) is 4.90. The van der Waals surface area contributed by atoms with Crippen LogP contribution in [0.1, 0.15) is 19.3 Å². The van der Waals surface area contributed by atoms with E-state index in [2.05, 4.69) is 4.74 Å². The summed E-state index contributed by atoms with van der Waals surface area (Å²) in [4.78, 5) is 11.1. The number of hydrogen-bond donors (Lipinski definition) is 1. The van der Waals surface area contributed by atoms with Crippen LogP contribution < -0.4 is 5.73 Å². The maximum Gasteiger partial charge on any atom is 0.329 e. The van der Waals surface area contributed by atoms with Gasteiger partial charge in [-0.25, -0.2) is 4.79 Å². The molecule has 11 heavy (non-hydrogen) atoms. The van der Waals surface area contributed by atoms with Gasteiger partial charge in [0.2, 0.25) is 0 Å². The first kappa shape index (κ1) is 8.27. The van der Waals surface area contributed by atoms with Crippen LogP contribution in [-0.2, 0) is 9.53 Å². The molecule has 0 amide bonds. The third kappa shape index (κ3) is 1.60. The Morgan fingerprint density at radius 3 is 2.91 bits per heavy atom. The Bertz CT molecular complexity index is 189. The van der Waals surface area contributed by atoms with Crippen LogP contribution in [0.15, 0.2) is 12.2 Å². The van der Waals surface area contributed by atoms with Crippen molar-refractivity contribution in [2.45, 2.75) is 24.8 Å². The Hall–Kier alpha value is -0.830. The number of ether oxygens (including phenoxy) is 1. The van der Waals surface area contributed by atoms with Gasteiger partial charge in [0.25, 0.3) is 0 Å². The molecular weight excluding hydrogens is 142 g/mol. The Labute approximate surface area is 66.2 Å². The standard InChI is InChI=1S/C8H13NO2/c1-11-7(10)8(9)5-3-2-4-6-8/h3,5H,2,4,6,9H2,1H3. The molecule has 1 aliphatic carbocycles. The molecule has 0 fully saturated rings. The zero-order valence-corrected chi connectivity index (χ0v) is 6.67. The summed E-state index contributed by atoms with van der Waals surface area (Å²) in [6, 6.07) is 0. The second-order valence-electron chi connectivity index (χ2n) is 2.83. The van der Waals surface area contributed by atoms with Gasteiger partial charge in [0.1, 0.15) is 5.54 Å². The molecule has 0 aromatic rings. The van der Waals surface area contributed by atoms with Crippen LogP contribution in [0.2, 0.25) is 0 Å². The Morgan fingerprint density at radius 2 is 2.45 bits per heavy atom. The lowest BCUT2D eigenvalue weighted by Crippen LogP contribution is -2.47. The molecular formula is C8H13NO2. The van der Waals surface area contributed by atoms with Crippen LogP contribution in [0.3, 0.4) is 0 Å². The molecule has 0 saturated carbocycles. The van der Waals surface area contributed by atoms with E-state index in [9.17, 15) is 4.79 Å². The van der Waals surface area contributed by atoms with Gasteiger partial charge >= 0.3 is 5.97 Å². The van der Waals surface area contributed by atoms with Crippen LogP contribution in [0.4, 0.5) is 0 Å². The van der Waals surface area contributed by atoms with Crippen molar-refractivity contribution in [3.05, 3.63) is 12.2 Å². The summed E-state index contributed by atoms with van der Waals surface area (Å²) in [7, 11) is 1.36. The predicted molar refractivity (Wildman–Crippen MR) is 41.9 cm³/mol. The van der Waals surface area contributed by atoms with Gasteiger partial charge in [0.05, 0.1) is 7.11 Å². The van der Waals surface area contributed by atoms with E-state index < -0.39 is 5.54 Å². The Balaban J connectivity index is 2.71. The lowest BCUT2D eigenvalue weighted by Gasteiger charge is -2.25. The van der Waals surface area contributed by atoms with Crippen LogP contribution in [0, 0.1) is 0 Å². The highest BCUT2D eigenvalue weighted by Crippen LogP contribution is 2.20. The van der Waals surface area contributed by atoms with Crippen molar-refractivity contribution >= 4 is 5.97 Å². The van der Waals surface area contributed by atoms with Gasteiger partial charge in [0.15, 0.2) is 0 Å². The maximum atomic E-state index is 11.1. The third-order valence-corrected chi connectivity index (χ3v) is 1.94. The molecule has 0 heterocycles. The van der Waals surface area contributed by atoms with Gasteiger partial charge < -0.3 is 10.5 Å². The topological polar surface area (TPSA) is 52.3 Å². The van der Waals surface area contributed by atoms with Gasteiger partial charge in [-0.3, -0.25) is 0 Å². The first-order valence-electron chi connectivity index (χ1n) is 3.74. The highest BCUT2D eigenvalue weighted by molar-refractivity contribution is 5.83. The number of allylic oxidation sites excluding steroid dienone is 1. The normalized spacial score (nSPS) is 30.0. The quantitative estimate of drug-likeness (QED) is 0.445. The smallest absolute Gasteiger partial charge is 0.329 e. The van der Waals surface area contributed by atoms with E-state index in [0.717, 1.165) is 12.8 Å². The van der Waals surface area contributed by atoms with Crippen LogP contribution in [0.25, 0.3) is 0 Å². The van der Waals surface area contributed by atoms with Crippen LogP contribution in [-0.4, -0.2) is 18.6 Å². The molecule has 0 bridgehead atoms. The predicted octanol–water partition coefficient (Wildman–Crippen LogP) is 0.597. The Kier molecular flexibility index (Phi) is 2.29. The van der Waals surface area contributed by atoms with E-state index in [0.29, 0.717) is 6.42 Å². The summed E-state index contributed by atoms with van der Waals surface area (Å²) >= 11 is 0. The fraction of sp³-hybridized carbons (Fsp3) is 0.625. The summed E-state index contributed by atoms with van der Waals surface area (Å²) in [6.45, 7) is 0. The number of hydrogen-bond acceptors (Lipinski definition) is 3. The van der Waals surface area contributed by atoms with Crippen molar-refractivity contribution in [3.8, 4) is 0 Å². The molecule has 0 saturated heterocycles. The molecule has 2 N–H and O–H groups in total. The van der Waals surface area contributed by atoms with Crippen molar-refractivity contribution in [1.29, 1.82) is 0 Å². The van der Waals surface area contributed by atoms with Crippen molar-refractivity contribution in [2.75, 3.05) is 7.11 Å². The summed E-state index contributed by atoms with van der Waals surface area (Å²) in [5.74, 6) is -0.339. The van der Waals surface area contributed by atoms with Crippen molar-refractivity contribution < 1.29 is 9.53 Å². The summed E-state index contributed by atoms with van der Waals surface area (Å²) in [6.07, 6.45) is 6.33. The second kappa shape index (κ2) is 3.05. The maximum absolute atomic E-state index is 11.1. The molecule has 1 unspecified atom stereocenters. The number of rotatable bonds is 1. The molecule has 0 spiro atoms. The molecule has 0 aromatic carbocycles. The number of methoxy groups -OCH3 is 1. The van der Waals surface area contributed by atoms with Crippen LogP contribution >= 0.6 is 0 Å². The zero-order chi connectivity index (χ0) is 8.32. The molecule has 3 nitrogen and oxygen atoms in total. The van der Waals surface area contributed by atoms with Gasteiger partial charge in [-0.15, -0.1) is 0 Å². The van der Waals surface area contributed by atoms with E-state index in [1.54, 1.807) is 6.08 Å². The molecule has 62 valence electrons. The van der Waals surface area contributed by atoms with Gasteiger partial charge in [0, 0.05) is 0 Å². The number of carbonyl (C=O) groups excluding carboxylic acids is 1. The SMILES string of the molecule is COC(=O)C1(N)C=CCCC1. The van der Waals surface area contributed by atoms with Crippen molar-refractivity contribution in [1.82, 2.24) is 0 Å². The van der Waals surface area contributed by atoms with Gasteiger partial charge in [-0.05, 0) is 19.3 Å². The second-order valence-corrected chi connectivity index (χ2v) is 2.83. The third-order valence-electron chi connectivity index (χ3n) is 1.94. The van der Waals surface area contributed by atoms with Gasteiger partial charge in [-0.1, -0.05) is 12.2 Å². The molecule has 0 aromatic heterocycles. The lowest BCUT2D eigenvalue weighted by molar-refractivity contribution is -0.145. The average Bonchev–Trinajstić information content (AvgIpc) is 2.04. The molecule has 1 rings (SSSR count). The van der Waals surface area contributed by atoms with E-state index in [1.165, 1.54) is 7.11 Å². The molecule has 0 radical (unpaired) electrons. The molecule has 3 heteroatoms.